The Morgan fingerprint density at radius 2 is 2.00 bits per heavy atom. The molecule has 3 rings (SSSR count). The smallest absolute Gasteiger partial charge is 0.481 e. The van der Waals surface area contributed by atoms with Gasteiger partial charge in [-0.25, -0.2) is 8.78 Å². The number of hydrogen-bond acceptors (Lipinski definition) is 7. The lowest BCUT2D eigenvalue weighted by Crippen LogP contribution is -2.46. The molecule has 8 nitrogen and oxygen atoms in total. The fourth-order valence-electron chi connectivity index (χ4n) is 3.55. The normalized spacial score (nSPS) is 25.8. The molecule has 1 aromatic rings. The van der Waals surface area contributed by atoms with Crippen molar-refractivity contribution in [3.8, 4) is 5.75 Å². The molecule has 33 heavy (non-hydrogen) atoms. The molecule has 1 aromatic carbocycles. The van der Waals surface area contributed by atoms with Crippen LogP contribution >= 0.6 is 0 Å². The standard InChI is InChI=1S/C20H24F5N3O5/c21-12-1-4-17(16(22)7-12)31-10-18(29)27-13-2-3-14(30-8-13)9-32-19(28-26)11-5-15(6-11)33-20(23,24)25/h1,4,7,11,13-15H,2-3,5-6,8-10,26H2,(H,27,29)/b28-19-/t11?,13-,14+,15?/m1/s1. The van der Waals surface area contributed by atoms with E-state index in [1.807, 2.05) is 0 Å². The van der Waals surface area contributed by atoms with Crippen LogP contribution in [0.2, 0.25) is 0 Å². The molecule has 1 saturated heterocycles. The van der Waals surface area contributed by atoms with Crippen LogP contribution in [0.5, 0.6) is 5.75 Å². The van der Waals surface area contributed by atoms with Crippen LogP contribution in [0.1, 0.15) is 25.7 Å². The fraction of sp³-hybridized carbons (Fsp3) is 0.600. The molecular formula is C20H24F5N3O5. The van der Waals surface area contributed by atoms with Crippen molar-refractivity contribution in [2.24, 2.45) is 16.9 Å². The number of benzene rings is 1. The molecule has 1 aliphatic carbocycles. The van der Waals surface area contributed by atoms with E-state index >= 15 is 0 Å². The summed E-state index contributed by atoms with van der Waals surface area (Å²) in [5, 5.41) is 6.22. The van der Waals surface area contributed by atoms with Gasteiger partial charge >= 0.3 is 6.36 Å². The molecular weight excluding hydrogens is 457 g/mol. The number of alkyl halides is 3. The molecule has 0 unspecified atom stereocenters. The number of nitrogens with zero attached hydrogens (tertiary/aromatic N) is 1. The number of halogens is 5. The molecule has 2 atom stereocenters. The zero-order chi connectivity index (χ0) is 24.0. The summed E-state index contributed by atoms with van der Waals surface area (Å²) in [6.45, 7) is -0.127. The van der Waals surface area contributed by atoms with Crippen molar-refractivity contribution in [3.63, 3.8) is 0 Å². The first-order valence-corrected chi connectivity index (χ1v) is 10.3. The second-order valence-electron chi connectivity index (χ2n) is 7.79. The number of carbonyl (C=O) groups excluding carboxylic acids is 1. The van der Waals surface area contributed by atoms with Crippen LogP contribution in [-0.4, -0.2) is 56.2 Å². The molecule has 0 bridgehead atoms. The van der Waals surface area contributed by atoms with Gasteiger partial charge in [0.05, 0.1) is 24.9 Å². The van der Waals surface area contributed by atoms with Gasteiger partial charge in [0.15, 0.2) is 18.2 Å². The number of rotatable bonds is 8. The van der Waals surface area contributed by atoms with Crippen molar-refractivity contribution in [3.05, 3.63) is 29.8 Å². The summed E-state index contributed by atoms with van der Waals surface area (Å²) in [5.74, 6) is 2.73. The third-order valence-electron chi connectivity index (χ3n) is 5.28. The van der Waals surface area contributed by atoms with Gasteiger partial charge in [-0.15, -0.1) is 18.3 Å². The van der Waals surface area contributed by atoms with E-state index in [0.29, 0.717) is 18.9 Å². The lowest BCUT2D eigenvalue weighted by Gasteiger charge is -2.36. The summed E-state index contributed by atoms with van der Waals surface area (Å²) in [6.07, 6.45) is -4.58. The molecule has 1 heterocycles. The first kappa shape index (κ1) is 25.0. The van der Waals surface area contributed by atoms with Crippen molar-refractivity contribution >= 4 is 11.8 Å². The van der Waals surface area contributed by atoms with Crippen LogP contribution in [0.15, 0.2) is 23.3 Å². The lowest BCUT2D eigenvalue weighted by atomic mass is 9.82. The Hall–Kier alpha value is -2.67. The van der Waals surface area contributed by atoms with Crippen molar-refractivity contribution < 1.29 is 45.7 Å². The lowest BCUT2D eigenvalue weighted by molar-refractivity contribution is -0.352. The molecule has 184 valence electrons. The third-order valence-corrected chi connectivity index (χ3v) is 5.28. The minimum absolute atomic E-state index is 0.110. The Balaban J connectivity index is 1.31. The van der Waals surface area contributed by atoms with Gasteiger partial charge in [-0.1, -0.05) is 0 Å². The zero-order valence-corrected chi connectivity index (χ0v) is 17.4. The molecule has 0 aromatic heterocycles. The molecule has 2 fully saturated rings. The number of nitrogens with one attached hydrogen (secondary N) is 1. The Morgan fingerprint density at radius 3 is 2.61 bits per heavy atom. The van der Waals surface area contributed by atoms with Crippen LogP contribution in [0.4, 0.5) is 22.0 Å². The van der Waals surface area contributed by atoms with E-state index in [4.69, 9.17) is 20.1 Å². The molecule has 1 saturated carbocycles. The van der Waals surface area contributed by atoms with Crippen LogP contribution in [0.25, 0.3) is 0 Å². The zero-order valence-electron chi connectivity index (χ0n) is 17.4. The molecule has 1 aliphatic heterocycles. The van der Waals surface area contributed by atoms with Crippen LogP contribution in [0.3, 0.4) is 0 Å². The second-order valence-corrected chi connectivity index (χ2v) is 7.79. The van der Waals surface area contributed by atoms with Crippen LogP contribution in [0, 0.1) is 17.6 Å². The number of amides is 1. The second kappa shape index (κ2) is 11.0. The molecule has 2 aliphatic rings. The Bertz CT molecular complexity index is 840. The average Bonchev–Trinajstić information content (AvgIpc) is 2.71. The predicted molar refractivity (Wildman–Crippen MR) is 104 cm³/mol. The van der Waals surface area contributed by atoms with Gasteiger partial charge in [-0.2, -0.15) is 0 Å². The van der Waals surface area contributed by atoms with Crippen molar-refractivity contribution in [1.29, 1.82) is 0 Å². The van der Waals surface area contributed by atoms with Gasteiger partial charge < -0.3 is 25.4 Å². The average molecular weight is 481 g/mol. The van der Waals surface area contributed by atoms with Gasteiger partial charge in [0, 0.05) is 12.0 Å². The summed E-state index contributed by atoms with van der Waals surface area (Å²) in [5.41, 5.74) is 0. The van der Waals surface area contributed by atoms with Crippen molar-refractivity contribution in [2.75, 3.05) is 19.8 Å². The topological polar surface area (TPSA) is 104 Å². The summed E-state index contributed by atoms with van der Waals surface area (Å²) >= 11 is 0. The quantitative estimate of drug-likeness (QED) is 0.195. The Kier molecular flexibility index (Phi) is 8.30. The van der Waals surface area contributed by atoms with E-state index in [2.05, 4.69) is 15.2 Å². The van der Waals surface area contributed by atoms with Gasteiger partial charge in [-0.05, 0) is 37.8 Å². The maximum absolute atomic E-state index is 13.5. The van der Waals surface area contributed by atoms with Crippen molar-refractivity contribution in [1.82, 2.24) is 5.32 Å². The Morgan fingerprint density at radius 1 is 1.24 bits per heavy atom. The predicted octanol–water partition coefficient (Wildman–Crippen LogP) is 2.61. The number of hydrogen-bond donors (Lipinski definition) is 2. The molecule has 3 N–H and O–H groups in total. The number of hydrazone groups is 1. The van der Waals surface area contributed by atoms with Gasteiger partial charge in [-0.3, -0.25) is 9.53 Å². The van der Waals surface area contributed by atoms with Crippen LogP contribution in [-0.2, 0) is 19.0 Å². The first-order valence-electron chi connectivity index (χ1n) is 10.3. The molecule has 13 heteroatoms. The number of ether oxygens (including phenoxy) is 4. The van der Waals surface area contributed by atoms with Crippen molar-refractivity contribution in [2.45, 2.75) is 50.3 Å². The highest BCUT2D eigenvalue weighted by atomic mass is 19.4. The molecule has 1 amide bonds. The maximum atomic E-state index is 13.5. The minimum Gasteiger partial charge on any atom is -0.481 e. The van der Waals surface area contributed by atoms with Gasteiger partial charge in [0.25, 0.3) is 5.91 Å². The van der Waals surface area contributed by atoms with E-state index in [-0.39, 0.29) is 55.8 Å². The Labute approximate surface area is 186 Å². The van der Waals surface area contributed by atoms with E-state index < -0.39 is 36.6 Å². The SMILES string of the molecule is N/N=C(\OC[C@@H]1CC[C@@H](NC(=O)COc2ccc(F)cc2F)CO1)C1CC(OC(F)(F)F)C1. The first-order chi connectivity index (χ1) is 15.6. The van der Waals surface area contributed by atoms with E-state index in [0.717, 1.165) is 12.1 Å². The minimum atomic E-state index is -4.68. The maximum Gasteiger partial charge on any atom is 0.522 e. The third kappa shape index (κ3) is 7.70. The highest BCUT2D eigenvalue weighted by Crippen LogP contribution is 2.36. The summed E-state index contributed by atoms with van der Waals surface area (Å²) in [7, 11) is 0. The largest absolute Gasteiger partial charge is 0.522 e. The summed E-state index contributed by atoms with van der Waals surface area (Å²) in [6, 6.07) is 2.49. The van der Waals surface area contributed by atoms with E-state index in [1.165, 1.54) is 0 Å². The van der Waals surface area contributed by atoms with Gasteiger partial charge in [0.2, 0.25) is 5.90 Å². The van der Waals surface area contributed by atoms with Crippen LogP contribution < -0.4 is 15.9 Å². The summed E-state index contributed by atoms with van der Waals surface area (Å²) < 4.78 is 83.2. The fourth-order valence-corrected chi connectivity index (χ4v) is 3.55. The molecule has 0 spiro atoms. The summed E-state index contributed by atoms with van der Waals surface area (Å²) in [4.78, 5) is 12.0. The van der Waals surface area contributed by atoms with E-state index in [9.17, 15) is 26.7 Å². The number of nitrogens with two attached hydrogens (primary N) is 1. The monoisotopic (exact) mass is 481 g/mol. The van der Waals surface area contributed by atoms with E-state index in [1.54, 1.807) is 0 Å². The van der Waals surface area contributed by atoms with Gasteiger partial charge in [0.1, 0.15) is 12.4 Å². The number of carbonyl (C=O) groups is 1. The highest BCUT2D eigenvalue weighted by molar-refractivity contribution is 5.79. The molecule has 0 radical (unpaired) electrons. The highest BCUT2D eigenvalue weighted by Gasteiger charge is 2.42.